The Morgan fingerprint density at radius 3 is 2.75 bits per heavy atom. The van der Waals surface area contributed by atoms with E-state index in [4.69, 9.17) is 4.74 Å². The SMILES string of the molecule is CC(C)(O)C(=O)c1cccc(OCCSOO[O-])c1.[Na+]. The maximum absolute atomic E-state index is 11.9. The minimum Gasteiger partial charge on any atom is -0.691 e. The van der Waals surface area contributed by atoms with Gasteiger partial charge in [-0.15, -0.1) is 0 Å². The maximum atomic E-state index is 11.9. The van der Waals surface area contributed by atoms with E-state index in [1.165, 1.54) is 13.8 Å². The first-order valence-corrected chi connectivity index (χ1v) is 6.44. The van der Waals surface area contributed by atoms with Gasteiger partial charge in [-0.3, -0.25) is 9.83 Å². The fourth-order valence-corrected chi connectivity index (χ4v) is 1.59. The van der Waals surface area contributed by atoms with Crippen molar-refractivity contribution in [3.05, 3.63) is 29.8 Å². The molecule has 1 aromatic carbocycles. The van der Waals surface area contributed by atoms with Crippen molar-refractivity contribution in [2.75, 3.05) is 12.4 Å². The Morgan fingerprint density at radius 1 is 1.45 bits per heavy atom. The molecule has 0 unspecified atom stereocenters. The molecule has 0 aliphatic heterocycles. The average molecular weight is 310 g/mol. The van der Waals surface area contributed by atoms with Crippen LogP contribution in [0.2, 0.25) is 0 Å². The molecule has 0 atom stereocenters. The summed E-state index contributed by atoms with van der Waals surface area (Å²) in [7, 11) is 0. The van der Waals surface area contributed by atoms with Crippen LogP contribution in [-0.2, 0) is 9.37 Å². The number of carbonyl (C=O) groups excluding carboxylic acids is 1. The zero-order chi connectivity index (χ0) is 14.3. The van der Waals surface area contributed by atoms with Crippen LogP contribution in [0.25, 0.3) is 0 Å². The summed E-state index contributed by atoms with van der Waals surface area (Å²) in [6.07, 6.45) is 0. The number of ether oxygens (including phenoxy) is 1. The number of hydrogen-bond donors (Lipinski definition) is 1. The molecule has 0 aromatic heterocycles. The van der Waals surface area contributed by atoms with Gasteiger partial charge < -0.3 is 15.1 Å². The van der Waals surface area contributed by atoms with Gasteiger partial charge in [0.25, 0.3) is 0 Å². The number of benzene rings is 1. The molecule has 0 saturated heterocycles. The largest absolute Gasteiger partial charge is 1.00 e. The number of ketones is 1. The third-order valence-corrected chi connectivity index (χ3v) is 2.65. The molecule has 0 radical (unpaired) electrons. The van der Waals surface area contributed by atoms with Crippen LogP contribution >= 0.6 is 12.0 Å². The first kappa shape index (κ1) is 19.9. The van der Waals surface area contributed by atoms with Gasteiger partial charge in [-0.25, -0.2) is 0 Å². The third-order valence-electron chi connectivity index (χ3n) is 2.16. The first-order chi connectivity index (χ1) is 8.95. The number of carbonyl (C=O) groups is 1. The molecule has 1 rings (SSSR count). The molecule has 0 aliphatic rings. The van der Waals surface area contributed by atoms with Crippen LogP contribution in [0, 0.1) is 0 Å². The molecule has 106 valence electrons. The van der Waals surface area contributed by atoms with Gasteiger partial charge >= 0.3 is 29.6 Å². The Balaban J connectivity index is 0.00000361. The van der Waals surface area contributed by atoms with Crippen molar-refractivity contribution in [2.24, 2.45) is 0 Å². The molecule has 8 heteroatoms. The summed E-state index contributed by atoms with van der Waals surface area (Å²) in [5.41, 5.74) is -1.05. The molecule has 0 spiro atoms. The number of hydrogen-bond acceptors (Lipinski definition) is 7. The van der Waals surface area contributed by atoms with Gasteiger partial charge in [0.05, 0.1) is 12.4 Å². The molecular weight excluding hydrogens is 295 g/mol. The van der Waals surface area contributed by atoms with Crippen LogP contribution in [0.3, 0.4) is 0 Å². The van der Waals surface area contributed by atoms with E-state index >= 15 is 0 Å². The van der Waals surface area contributed by atoms with Gasteiger partial charge in [0.15, 0.2) is 5.78 Å². The van der Waals surface area contributed by atoms with Gasteiger partial charge in [0, 0.05) is 17.6 Å². The number of aliphatic hydroxyl groups is 1. The smallest absolute Gasteiger partial charge is 0.691 e. The third kappa shape index (κ3) is 7.05. The van der Waals surface area contributed by atoms with Gasteiger partial charge in [-0.2, -0.15) is 4.33 Å². The summed E-state index contributed by atoms with van der Waals surface area (Å²) in [6.45, 7) is 3.15. The summed E-state index contributed by atoms with van der Waals surface area (Å²) in [5.74, 6) is 0.514. The number of Topliss-reactive ketones (excluding diaryl/α,β-unsaturated/α-hetero) is 1. The molecule has 0 bridgehead atoms. The average Bonchev–Trinajstić information content (AvgIpc) is 2.37. The maximum Gasteiger partial charge on any atom is 1.00 e. The van der Waals surface area contributed by atoms with Crippen molar-refractivity contribution < 1.29 is 58.8 Å². The van der Waals surface area contributed by atoms with Gasteiger partial charge in [0.2, 0.25) is 0 Å². The molecule has 0 heterocycles. The molecule has 0 fully saturated rings. The van der Waals surface area contributed by atoms with Crippen LogP contribution < -0.4 is 39.6 Å². The van der Waals surface area contributed by atoms with E-state index in [0.29, 0.717) is 17.1 Å². The molecule has 0 amide bonds. The van der Waals surface area contributed by atoms with E-state index in [1.807, 2.05) is 0 Å². The molecule has 1 aromatic rings. The summed E-state index contributed by atoms with van der Waals surface area (Å²) < 4.78 is 9.44. The fourth-order valence-electron chi connectivity index (χ4n) is 1.33. The summed E-state index contributed by atoms with van der Waals surface area (Å²) in [5, 5.41) is 22.3. The van der Waals surface area contributed by atoms with Crippen LogP contribution in [0.15, 0.2) is 24.3 Å². The van der Waals surface area contributed by atoms with E-state index in [1.54, 1.807) is 24.3 Å². The Labute approximate surface area is 143 Å². The van der Waals surface area contributed by atoms with Crippen molar-refractivity contribution in [3.63, 3.8) is 0 Å². The summed E-state index contributed by atoms with van der Waals surface area (Å²) in [6, 6.07) is 6.52. The fraction of sp³-hybridized carbons (Fsp3) is 0.417. The minimum absolute atomic E-state index is 0. The predicted molar refractivity (Wildman–Crippen MR) is 67.2 cm³/mol. The summed E-state index contributed by atoms with van der Waals surface area (Å²) >= 11 is 0.821. The van der Waals surface area contributed by atoms with Gasteiger partial charge in [0.1, 0.15) is 11.4 Å². The summed E-state index contributed by atoms with van der Waals surface area (Å²) in [4.78, 5) is 11.9. The van der Waals surface area contributed by atoms with Crippen LogP contribution in [-0.4, -0.2) is 28.9 Å². The van der Waals surface area contributed by atoms with E-state index in [-0.39, 0.29) is 41.9 Å². The van der Waals surface area contributed by atoms with E-state index in [2.05, 4.69) is 9.37 Å². The van der Waals surface area contributed by atoms with E-state index in [9.17, 15) is 15.2 Å². The molecule has 0 aliphatic carbocycles. The van der Waals surface area contributed by atoms with Crippen LogP contribution in [0.1, 0.15) is 24.2 Å². The second-order valence-electron chi connectivity index (χ2n) is 4.22. The first-order valence-electron chi connectivity index (χ1n) is 5.53. The quantitative estimate of drug-likeness (QED) is 0.147. The van der Waals surface area contributed by atoms with Crippen LogP contribution in [0.4, 0.5) is 0 Å². The zero-order valence-corrected chi connectivity index (χ0v) is 14.4. The topological polar surface area (TPSA) is 88.1 Å². The minimum atomic E-state index is -1.42. The van der Waals surface area contributed by atoms with Crippen molar-refractivity contribution >= 4 is 17.8 Å². The van der Waals surface area contributed by atoms with E-state index in [0.717, 1.165) is 12.0 Å². The Bertz CT molecular complexity index is 421. The molecule has 6 nitrogen and oxygen atoms in total. The predicted octanol–water partition coefficient (Wildman–Crippen LogP) is -2.11. The van der Waals surface area contributed by atoms with Gasteiger partial charge in [-0.05, 0) is 26.0 Å². The molecule has 20 heavy (non-hydrogen) atoms. The second kappa shape index (κ2) is 9.75. The van der Waals surface area contributed by atoms with Gasteiger partial charge in [-0.1, -0.05) is 12.1 Å². The molecular formula is C12H15NaO6S. The monoisotopic (exact) mass is 310 g/mol. The van der Waals surface area contributed by atoms with Crippen molar-refractivity contribution in [3.8, 4) is 5.75 Å². The van der Waals surface area contributed by atoms with E-state index < -0.39 is 5.60 Å². The second-order valence-corrected chi connectivity index (χ2v) is 5.00. The van der Waals surface area contributed by atoms with Crippen molar-refractivity contribution in [2.45, 2.75) is 19.4 Å². The standard InChI is InChI=1S/C12H16O6S.Na/c1-12(2,14)11(13)9-4-3-5-10(8-9)16-6-7-19-18-17-15;/h3-5,8,14-15H,6-7H2,1-2H3;/q;+1/p-1. The molecule has 1 N–H and O–H groups in total. The van der Waals surface area contributed by atoms with Crippen molar-refractivity contribution in [1.29, 1.82) is 0 Å². The van der Waals surface area contributed by atoms with Crippen LogP contribution in [0.5, 0.6) is 5.75 Å². The molecule has 0 saturated carbocycles. The Morgan fingerprint density at radius 2 is 2.15 bits per heavy atom. The Kier molecular flexibility index (Phi) is 9.69. The normalized spacial score (nSPS) is 10.8. The number of rotatable bonds is 8. The zero-order valence-electron chi connectivity index (χ0n) is 11.6. The van der Waals surface area contributed by atoms with Crippen molar-refractivity contribution in [1.82, 2.24) is 0 Å². The Hall–Kier alpha value is -0.120.